The molecule has 3 rings (SSSR count). The Morgan fingerprint density at radius 1 is 0.862 bits per heavy atom. The van der Waals surface area contributed by atoms with Gasteiger partial charge in [-0.2, -0.15) is 0 Å². The second-order valence-electron chi connectivity index (χ2n) is 6.20. The van der Waals surface area contributed by atoms with Crippen LogP contribution < -0.4 is 19.5 Å². The molecule has 3 aromatic carbocycles. The largest absolute Gasteiger partial charge is 0.493 e. The van der Waals surface area contributed by atoms with Crippen molar-refractivity contribution in [2.75, 3.05) is 19.0 Å². The lowest BCUT2D eigenvalue weighted by Gasteiger charge is -2.11. The maximum absolute atomic E-state index is 12.1. The van der Waals surface area contributed by atoms with Gasteiger partial charge in [-0.15, -0.1) is 0 Å². The van der Waals surface area contributed by atoms with Crippen molar-refractivity contribution in [2.45, 2.75) is 6.92 Å². The van der Waals surface area contributed by atoms with E-state index in [9.17, 15) is 9.59 Å². The Balaban J connectivity index is 1.54. The van der Waals surface area contributed by atoms with Gasteiger partial charge < -0.3 is 19.5 Å². The number of Topliss-reactive ketones (excluding diaryl/α,β-unsaturated/α-hetero) is 1. The predicted octanol–water partition coefficient (Wildman–Crippen LogP) is 4.71. The van der Waals surface area contributed by atoms with Gasteiger partial charge in [-0.25, -0.2) is 0 Å². The van der Waals surface area contributed by atoms with Crippen LogP contribution >= 0.6 is 0 Å². The molecule has 0 saturated carbocycles. The third kappa shape index (κ3) is 5.59. The molecule has 0 unspecified atom stereocenters. The van der Waals surface area contributed by atoms with Crippen molar-refractivity contribution in [3.05, 3.63) is 78.4 Å². The summed E-state index contributed by atoms with van der Waals surface area (Å²) >= 11 is 0. The Hall–Kier alpha value is -3.80. The number of hydrogen-bond donors (Lipinski definition) is 1. The molecule has 1 amide bonds. The van der Waals surface area contributed by atoms with Crippen LogP contribution in [0.15, 0.2) is 72.8 Å². The van der Waals surface area contributed by atoms with E-state index in [1.165, 1.54) is 6.92 Å². The second kappa shape index (κ2) is 9.41. The first-order chi connectivity index (χ1) is 14.0. The Morgan fingerprint density at radius 3 is 2.28 bits per heavy atom. The monoisotopic (exact) mass is 391 g/mol. The molecule has 0 saturated heterocycles. The summed E-state index contributed by atoms with van der Waals surface area (Å²) in [6.45, 7) is 1.31. The lowest BCUT2D eigenvalue weighted by atomic mass is 10.1. The number of hydrogen-bond acceptors (Lipinski definition) is 5. The molecule has 0 heterocycles. The molecule has 0 aromatic heterocycles. The fraction of sp³-hybridized carbons (Fsp3) is 0.130. The van der Waals surface area contributed by atoms with Crippen molar-refractivity contribution in [2.24, 2.45) is 0 Å². The van der Waals surface area contributed by atoms with Crippen LogP contribution in [0.1, 0.15) is 17.3 Å². The van der Waals surface area contributed by atoms with Gasteiger partial charge in [0, 0.05) is 11.3 Å². The Morgan fingerprint density at radius 2 is 1.59 bits per heavy atom. The Kier molecular flexibility index (Phi) is 6.47. The molecule has 0 spiro atoms. The number of amides is 1. The number of ketones is 1. The molecule has 6 nitrogen and oxygen atoms in total. The number of carbonyl (C=O) groups is 2. The molecule has 29 heavy (non-hydrogen) atoms. The smallest absolute Gasteiger partial charge is 0.262 e. The molecule has 0 bridgehead atoms. The van der Waals surface area contributed by atoms with E-state index < -0.39 is 0 Å². The molecule has 148 valence electrons. The molecule has 6 heteroatoms. The summed E-state index contributed by atoms with van der Waals surface area (Å²) in [4.78, 5) is 23.5. The summed E-state index contributed by atoms with van der Waals surface area (Å²) < 4.78 is 16.5. The van der Waals surface area contributed by atoms with E-state index in [0.717, 1.165) is 0 Å². The van der Waals surface area contributed by atoms with Crippen molar-refractivity contribution < 1.29 is 23.8 Å². The highest BCUT2D eigenvalue weighted by atomic mass is 16.5. The highest BCUT2D eigenvalue weighted by molar-refractivity contribution is 5.94. The summed E-state index contributed by atoms with van der Waals surface area (Å²) in [5.41, 5.74) is 1.15. The summed E-state index contributed by atoms with van der Waals surface area (Å²) in [5.74, 6) is 1.95. The van der Waals surface area contributed by atoms with E-state index in [1.54, 1.807) is 55.6 Å². The molecular weight excluding hydrogens is 370 g/mol. The topological polar surface area (TPSA) is 73.9 Å². The van der Waals surface area contributed by atoms with Crippen LogP contribution in [0.2, 0.25) is 0 Å². The lowest BCUT2D eigenvalue weighted by molar-refractivity contribution is -0.118. The first-order valence-electron chi connectivity index (χ1n) is 9.00. The molecule has 0 aliphatic carbocycles. The van der Waals surface area contributed by atoms with Crippen LogP contribution in [0.25, 0.3) is 0 Å². The minimum absolute atomic E-state index is 0.0599. The standard InChI is InChI=1S/C23H21NO5/c1-16(25)17-6-5-7-20(14-17)28-15-23(26)24-18-10-12-19(13-11-18)29-22-9-4-3-8-21(22)27-2/h3-14H,15H2,1-2H3,(H,24,26). The van der Waals surface area contributed by atoms with Gasteiger partial charge in [0.2, 0.25) is 0 Å². The number of benzene rings is 3. The first-order valence-corrected chi connectivity index (χ1v) is 9.00. The average molecular weight is 391 g/mol. The molecule has 1 N–H and O–H groups in total. The molecule has 0 atom stereocenters. The van der Waals surface area contributed by atoms with Crippen molar-refractivity contribution in [3.63, 3.8) is 0 Å². The van der Waals surface area contributed by atoms with E-state index in [2.05, 4.69) is 5.32 Å². The van der Waals surface area contributed by atoms with E-state index in [4.69, 9.17) is 14.2 Å². The number of rotatable bonds is 8. The van der Waals surface area contributed by atoms with Crippen LogP contribution in [0.5, 0.6) is 23.0 Å². The van der Waals surface area contributed by atoms with Gasteiger partial charge in [0.05, 0.1) is 7.11 Å². The zero-order valence-electron chi connectivity index (χ0n) is 16.2. The number of para-hydroxylation sites is 2. The molecule has 0 fully saturated rings. The minimum Gasteiger partial charge on any atom is -0.493 e. The SMILES string of the molecule is COc1ccccc1Oc1ccc(NC(=O)COc2cccc(C(C)=O)c2)cc1. The van der Waals surface area contributed by atoms with Gasteiger partial charge >= 0.3 is 0 Å². The second-order valence-corrected chi connectivity index (χ2v) is 6.20. The third-order valence-corrected chi connectivity index (χ3v) is 4.05. The normalized spacial score (nSPS) is 10.1. The highest BCUT2D eigenvalue weighted by Crippen LogP contribution is 2.31. The van der Waals surface area contributed by atoms with Gasteiger partial charge in [-0.3, -0.25) is 9.59 Å². The number of anilines is 1. The van der Waals surface area contributed by atoms with Crippen LogP contribution in [-0.4, -0.2) is 25.4 Å². The van der Waals surface area contributed by atoms with E-state index in [0.29, 0.717) is 34.2 Å². The number of ether oxygens (including phenoxy) is 3. The van der Waals surface area contributed by atoms with Crippen molar-refractivity contribution in [1.29, 1.82) is 0 Å². The fourth-order valence-corrected chi connectivity index (χ4v) is 2.59. The number of nitrogens with one attached hydrogen (secondary N) is 1. The van der Waals surface area contributed by atoms with Crippen molar-refractivity contribution in [3.8, 4) is 23.0 Å². The van der Waals surface area contributed by atoms with Gasteiger partial charge in [-0.05, 0) is 55.5 Å². The molecule has 0 aliphatic rings. The van der Waals surface area contributed by atoms with Crippen LogP contribution in [-0.2, 0) is 4.79 Å². The molecule has 3 aromatic rings. The van der Waals surface area contributed by atoms with Crippen LogP contribution in [0.4, 0.5) is 5.69 Å². The quantitative estimate of drug-likeness (QED) is 0.563. The van der Waals surface area contributed by atoms with Crippen molar-refractivity contribution in [1.82, 2.24) is 0 Å². The zero-order chi connectivity index (χ0) is 20.6. The Labute approximate surface area is 169 Å². The number of methoxy groups -OCH3 is 1. The van der Waals surface area contributed by atoms with Crippen LogP contribution in [0, 0.1) is 0 Å². The third-order valence-electron chi connectivity index (χ3n) is 4.05. The summed E-state index contributed by atoms with van der Waals surface area (Å²) in [7, 11) is 1.58. The number of carbonyl (C=O) groups excluding carboxylic acids is 2. The molecular formula is C23H21NO5. The van der Waals surface area contributed by atoms with Gasteiger partial charge in [0.1, 0.15) is 11.5 Å². The minimum atomic E-state index is -0.309. The molecule has 0 radical (unpaired) electrons. The summed E-state index contributed by atoms with van der Waals surface area (Å²) in [5, 5.41) is 2.75. The van der Waals surface area contributed by atoms with E-state index in [1.807, 2.05) is 24.3 Å². The zero-order valence-corrected chi connectivity index (χ0v) is 16.2. The molecule has 0 aliphatic heterocycles. The van der Waals surface area contributed by atoms with E-state index in [-0.39, 0.29) is 18.3 Å². The van der Waals surface area contributed by atoms with Gasteiger partial charge in [0.25, 0.3) is 5.91 Å². The van der Waals surface area contributed by atoms with Crippen LogP contribution in [0.3, 0.4) is 0 Å². The summed E-state index contributed by atoms with van der Waals surface area (Å²) in [6.07, 6.45) is 0. The Bertz CT molecular complexity index is 998. The summed E-state index contributed by atoms with van der Waals surface area (Å²) in [6, 6.07) is 21.0. The lowest BCUT2D eigenvalue weighted by Crippen LogP contribution is -2.20. The fourth-order valence-electron chi connectivity index (χ4n) is 2.59. The van der Waals surface area contributed by atoms with Gasteiger partial charge in [0.15, 0.2) is 23.9 Å². The maximum atomic E-state index is 12.1. The highest BCUT2D eigenvalue weighted by Gasteiger charge is 2.07. The van der Waals surface area contributed by atoms with Crippen molar-refractivity contribution >= 4 is 17.4 Å². The van der Waals surface area contributed by atoms with E-state index >= 15 is 0 Å². The average Bonchev–Trinajstić information content (AvgIpc) is 2.74. The maximum Gasteiger partial charge on any atom is 0.262 e. The first kappa shape index (κ1) is 19.9. The predicted molar refractivity (Wildman–Crippen MR) is 110 cm³/mol. The van der Waals surface area contributed by atoms with Gasteiger partial charge in [-0.1, -0.05) is 24.3 Å².